The molecule has 1 atom stereocenters. The molecule has 0 aliphatic carbocycles. The molecule has 1 aromatic carbocycles. The van der Waals surface area contributed by atoms with Gasteiger partial charge < -0.3 is 5.11 Å². The van der Waals surface area contributed by atoms with Gasteiger partial charge in [-0.3, -0.25) is 0 Å². The highest BCUT2D eigenvalue weighted by Gasteiger charge is 2.08. The molecule has 3 heteroatoms. The van der Waals surface area contributed by atoms with Crippen molar-refractivity contribution < 1.29 is 5.11 Å². The summed E-state index contributed by atoms with van der Waals surface area (Å²) in [6.45, 7) is 1.90. The molecular weight excluding hydrogens is 186 g/mol. The van der Waals surface area contributed by atoms with Crippen molar-refractivity contribution in [3.05, 3.63) is 34.3 Å². The average molecular weight is 196 g/mol. The van der Waals surface area contributed by atoms with E-state index in [1.807, 2.05) is 13.0 Å². The first-order valence-electron chi connectivity index (χ1n) is 3.99. The lowest BCUT2D eigenvalue weighted by atomic mass is 10.0. The van der Waals surface area contributed by atoms with Gasteiger partial charge in [0, 0.05) is 17.5 Å². The van der Waals surface area contributed by atoms with Gasteiger partial charge in [-0.1, -0.05) is 18.5 Å². The van der Waals surface area contributed by atoms with Crippen molar-refractivity contribution in [2.24, 2.45) is 0 Å². The molecule has 0 aromatic heterocycles. The highest BCUT2D eigenvalue weighted by atomic mass is 35.5. The number of halogens is 1. The molecule has 0 amide bonds. The summed E-state index contributed by atoms with van der Waals surface area (Å²) in [5, 5.41) is 18.2. The molecule has 2 nitrogen and oxygen atoms in total. The Balaban J connectivity index is 3.12. The Labute approximate surface area is 82.4 Å². The van der Waals surface area contributed by atoms with E-state index in [1.54, 1.807) is 18.2 Å². The van der Waals surface area contributed by atoms with Crippen LogP contribution in [0, 0.1) is 11.3 Å². The maximum atomic E-state index is 8.93. The molecule has 0 heterocycles. The van der Waals surface area contributed by atoms with Gasteiger partial charge in [-0.15, -0.1) is 0 Å². The van der Waals surface area contributed by atoms with Crippen LogP contribution in [-0.4, -0.2) is 11.7 Å². The molecule has 0 aliphatic heterocycles. The van der Waals surface area contributed by atoms with Crippen LogP contribution >= 0.6 is 11.6 Å². The SMILES string of the molecule is CC(CO)c1cc(C#N)ccc1Cl. The first-order valence-corrected chi connectivity index (χ1v) is 4.37. The van der Waals surface area contributed by atoms with E-state index in [1.165, 1.54) is 0 Å². The van der Waals surface area contributed by atoms with Crippen molar-refractivity contribution >= 4 is 11.6 Å². The molecule has 0 spiro atoms. The van der Waals surface area contributed by atoms with Gasteiger partial charge in [0.2, 0.25) is 0 Å². The number of aliphatic hydroxyl groups is 1. The van der Waals surface area contributed by atoms with Crippen LogP contribution in [0.3, 0.4) is 0 Å². The molecule has 1 aromatic rings. The van der Waals surface area contributed by atoms with E-state index in [4.69, 9.17) is 22.0 Å². The maximum absolute atomic E-state index is 8.93. The summed E-state index contributed by atoms with van der Waals surface area (Å²) in [6.07, 6.45) is 0. The van der Waals surface area contributed by atoms with Crippen molar-refractivity contribution in [3.8, 4) is 6.07 Å². The third-order valence-electron chi connectivity index (χ3n) is 1.93. The third-order valence-corrected chi connectivity index (χ3v) is 2.27. The zero-order valence-corrected chi connectivity index (χ0v) is 8.04. The molecule has 1 rings (SSSR count). The van der Waals surface area contributed by atoms with Gasteiger partial charge in [-0.05, 0) is 23.8 Å². The summed E-state index contributed by atoms with van der Waals surface area (Å²) in [5.74, 6) is -0.0270. The second-order valence-electron chi connectivity index (χ2n) is 2.93. The molecule has 0 fully saturated rings. The fourth-order valence-electron chi connectivity index (χ4n) is 1.09. The Morgan fingerprint density at radius 2 is 2.31 bits per heavy atom. The zero-order valence-electron chi connectivity index (χ0n) is 7.29. The van der Waals surface area contributed by atoms with Gasteiger partial charge in [-0.25, -0.2) is 0 Å². The largest absolute Gasteiger partial charge is 0.396 e. The van der Waals surface area contributed by atoms with Crippen LogP contribution in [0.1, 0.15) is 24.0 Å². The lowest BCUT2D eigenvalue weighted by Crippen LogP contribution is -2.00. The Morgan fingerprint density at radius 1 is 1.62 bits per heavy atom. The second-order valence-corrected chi connectivity index (χ2v) is 3.34. The summed E-state index contributed by atoms with van der Waals surface area (Å²) >= 11 is 5.91. The van der Waals surface area contributed by atoms with E-state index in [-0.39, 0.29) is 12.5 Å². The van der Waals surface area contributed by atoms with E-state index in [9.17, 15) is 0 Å². The third kappa shape index (κ3) is 2.21. The van der Waals surface area contributed by atoms with E-state index >= 15 is 0 Å². The van der Waals surface area contributed by atoms with Crippen LogP contribution in [0.5, 0.6) is 0 Å². The van der Waals surface area contributed by atoms with Crippen LogP contribution < -0.4 is 0 Å². The molecular formula is C10H10ClNO. The molecule has 68 valence electrons. The van der Waals surface area contributed by atoms with Crippen LogP contribution in [-0.2, 0) is 0 Å². The minimum atomic E-state index is -0.0270. The predicted octanol–water partition coefficient (Wildman–Crippen LogP) is 2.31. The number of nitriles is 1. The van der Waals surface area contributed by atoms with E-state index in [2.05, 4.69) is 0 Å². The van der Waals surface area contributed by atoms with Crippen molar-refractivity contribution in [1.29, 1.82) is 5.26 Å². The summed E-state index contributed by atoms with van der Waals surface area (Å²) in [4.78, 5) is 0. The molecule has 0 saturated carbocycles. The smallest absolute Gasteiger partial charge is 0.0991 e. The second kappa shape index (κ2) is 4.27. The lowest BCUT2D eigenvalue weighted by Gasteiger charge is -2.10. The minimum Gasteiger partial charge on any atom is -0.396 e. The maximum Gasteiger partial charge on any atom is 0.0991 e. The molecule has 0 bridgehead atoms. The zero-order chi connectivity index (χ0) is 9.84. The number of benzene rings is 1. The van der Waals surface area contributed by atoms with Gasteiger partial charge in [0.05, 0.1) is 11.6 Å². The lowest BCUT2D eigenvalue weighted by molar-refractivity contribution is 0.273. The van der Waals surface area contributed by atoms with Crippen LogP contribution in [0.2, 0.25) is 5.02 Å². The van der Waals surface area contributed by atoms with Gasteiger partial charge in [0.15, 0.2) is 0 Å². The average Bonchev–Trinajstić information content (AvgIpc) is 2.17. The Bertz CT molecular complexity index is 343. The van der Waals surface area contributed by atoms with Crippen molar-refractivity contribution in [2.45, 2.75) is 12.8 Å². The molecule has 0 saturated heterocycles. The highest BCUT2D eigenvalue weighted by Crippen LogP contribution is 2.24. The molecule has 0 radical (unpaired) electrons. The van der Waals surface area contributed by atoms with Crippen molar-refractivity contribution in [3.63, 3.8) is 0 Å². The van der Waals surface area contributed by atoms with Crippen LogP contribution in [0.4, 0.5) is 0 Å². The van der Waals surface area contributed by atoms with E-state index in [0.717, 1.165) is 5.56 Å². The van der Waals surface area contributed by atoms with Gasteiger partial charge in [0.1, 0.15) is 0 Å². The summed E-state index contributed by atoms with van der Waals surface area (Å²) in [7, 11) is 0. The number of rotatable bonds is 2. The van der Waals surface area contributed by atoms with E-state index in [0.29, 0.717) is 10.6 Å². The first kappa shape index (κ1) is 10.0. The predicted molar refractivity (Wildman–Crippen MR) is 51.7 cm³/mol. The topological polar surface area (TPSA) is 44.0 Å². The summed E-state index contributed by atoms with van der Waals surface area (Å²) in [5.41, 5.74) is 1.39. The van der Waals surface area contributed by atoms with Crippen molar-refractivity contribution in [2.75, 3.05) is 6.61 Å². The first-order chi connectivity index (χ1) is 6.19. The Morgan fingerprint density at radius 3 is 2.85 bits per heavy atom. The number of hydrogen-bond donors (Lipinski definition) is 1. The van der Waals surface area contributed by atoms with E-state index < -0.39 is 0 Å². The van der Waals surface area contributed by atoms with Gasteiger partial charge >= 0.3 is 0 Å². The van der Waals surface area contributed by atoms with Crippen molar-refractivity contribution in [1.82, 2.24) is 0 Å². The monoisotopic (exact) mass is 195 g/mol. The normalized spacial score (nSPS) is 12.2. The van der Waals surface area contributed by atoms with Crippen LogP contribution in [0.25, 0.3) is 0 Å². The van der Waals surface area contributed by atoms with Gasteiger partial charge in [-0.2, -0.15) is 5.26 Å². The van der Waals surface area contributed by atoms with Crippen LogP contribution in [0.15, 0.2) is 18.2 Å². The van der Waals surface area contributed by atoms with Gasteiger partial charge in [0.25, 0.3) is 0 Å². The molecule has 13 heavy (non-hydrogen) atoms. The molecule has 1 N–H and O–H groups in total. The standard InChI is InChI=1S/C10H10ClNO/c1-7(6-13)9-4-8(5-12)2-3-10(9)11/h2-4,7,13H,6H2,1H3. The number of aliphatic hydroxyl groups excluding tert-OH is 1. The summed E-state index contributed by atoms with van der Waals surface area (Å²) < 4.78 is 0. The molecule has 0 aliphatic rings. The number of hydrogen-bond acceptors (Lipinski definition) is 2. The Kier molecular flexibility index (Phi) is 3.30. The highest BCUT2D eigenvalue weighted by molar-refractivity contribution is 6.31. The number of nitrogens with zero attached hydrogens (tertiary/aromatic N) is 1. The quantitative estimate of drug-likeness (QED) is 0.787. The summed E-state index contributed by atoms with van der Waals surface area (Å²) in [6, 6.07) is 7.09. The fourth-order valence-corrected chi connectivity index (χ4v) is 1.39. The molecule has 1 unspecified atom stereocenters. The minimum absolute atomic E-state index is 0.0270. The Hall–Kier alpha value is -1.04. The fraction of sp³-hybridized carbons (Fsp3) is 0.300.